The molecule has 0 spiro atoms. The smallest absolute Gasteiger partial charge is 0.870 e. The minimum atomic E-state index is -4.82. The number of rotatable bonds is 5. The fraction of sp³-hybridized carbons (Fsp3) is 0.594. The largest absolute Gasteiger partial charge is 1.00 e. The number of likely N-dealkylation sites (tertiary alicyclic amines) is 1. The van der Waals surface area contributed by atoms with Crippen LogP contribution in [0.3, 0.4) is 0 Å². The number of aliphatic hydroxyl groups excluding tert-OH is 2. The Kier molecular flexibility index (Phi) is 18.5. The van der Waals surface area contributed by atoms with Crippen molar-refractivity contribution < 1.29 is 82.2 Å². The van der Waals surface area contributed by atoms with Gasteiger partial charge in [0.15, 0.2) is 11.6 Å². The second-order valence-corrected chi connectivity index (χ2v) is 13.1. The maximum atomic E-state index is 12.6. The number of amides is 1. The molecule has 48 heavy (non-hydrogen) atoms. The zero-order valence-corrected chi connectivity index (χ0v) is 32.1. The van der Waals surface area contributed by atoms with Crippen molar-refractivity contribution in [2.45, 2.75) is 43.4 Å². The van der Waals surface area contributed by atoms with E-state index in [0.717, 1.165) is 50.9 Å². The number of nitrogens with one attached hydrogen (secondary N) is 1. The first-order chi connectivity index (χ1) is 22.1. The van der Waals surface area contributed by atoms with E-state index in [-0.39, 0.29) is 67.3 Å². The standard InChI is InChI=1S/C16H17BrF3NO3.C14H18BrNO2.C2H6O2.Na.H2O/c17-13-3-1-11(2-4-13)15(23-9-10-24-15)12-5-7-21(8-6-12)14(22)16(18,19)20;15-13-3-1-11(2-4-13)14(17-9-10-18-14)12-5-7-16-8-6-12;3-1-2-4;;/h1-4,12H,5-10H2;1-4,12,16H,5-10H2;3-4H,1-2H2;;1H2/q;;;+1;/p-1. The summed E-state index contributed by atoms with van der Waals surface area (Å²) in [4.78, 5) is 12.2. The normalized spacial score (nSPS) is 20.7. The summed E-state index contributed by atoms with van der Waals surface area (Å²) >= 11 is 6.85. The molecule has 0 aliphatic carbocycles. The molecular weight excluding hydrogens is 780 g/mol. The van der Waals surface area contributed by atoms with Crippen LogP contribution in [0.15, 0.2) is 57.5 Å². The van der Waals surface area contributed by atoms with Crippen LogP contribution in [0.2, 0.25) is 0 Å². The first-order valence-corrected chi connectivity index (χ1v) is 17.0. The van der Waals surface area contributed by atoms with Crippen molar-refractivity contribution in [2.75, 3.05) is 65.8 Å². The average Bonchev–Trinajstić information content (AvgIpc) is 3.78. The molecule has 2 aromatic carbocycles. The molecule has 4 N–H and O–H groups in total. The van der Waals surface area contributed by atoms with Crippen LogP contribution in [-0.2, 0) is 35.3 Å². The minimum Gasteiger partial charge on any atom is -0.870 e. The van der Waals surface area contributed by atoms with Crippen molar-refractivity contribution in [3.63, 3.8) is 0 Å². The van der Waals surface area contributed by atoms with Crippen LogP contribution >= 0.6 is 31.9 Å². The first kappa shape index (κ1) is 43.5. The van der Waals surface area contributed by atoms with E-state index in [2.05, 4.69) is 61.4 Å². The molecule has 16 heteroatoms. The van der Waals surface area contributed by atoms with Gasteiger partial charge in [0, 0.05) is 45.0 Å². The second kappa shape index (κ2) is 20.4. The number of nitrogens with zero attached hydrogens (tertiary/aromatic N) is 1. The van der Waals surface area contributed by atoms with Crippen molar-refractivity contribution in [3.05, 3.63) is 68.6 Å². The maximum Gasteiger partial charge on any atom is 1.00 e. The van der Waals surface area contributed by atoms with Gasteiger partial charge in [-0.3, -0.25) is 4.79 Å². The van der Waals surface area contributed by atoms with Gasteiger partial charge in [-0.2, -0.15) is 13.2 Å². The molecule has 0 bridgehead atoms. The van der Waals surface area contributed by atoms with E-state index in [1.807, 2.05) is 24.3 Å². The van der Waals surface area contributed by atoms with E-state index in [9.17, 15) is 18.0 Å². The summed E-state index contributed by atoms with van der Waals surface area (Å²) in [5, 5.41) is 18.6. The number of benzene rings is 2. The summed E-state index contributed by atoms with van der Waals surface area (Å²) in [7, 11) is 0. The van der Waals surface area contributed by atoms with Gasteiger partial charge in [-0.15, -0.1) is 0 Å². The molecule has 10 nitrogen and oxygen atoms in total. The van der Waals surface area contributed by atoms with Gasteiger partial charge in [0.25, 0.3) is 0 Å². The maximum absolute atomic E-state index is 12.6. The summed E-state index contributed by atoms with van der Waals surface area (Å²) in [6, 6.07) is 15.9. The number of alkyl halides is 3. The second-order valence-electron chi connectivity index (χ2n) is 11.3. The Morgan fingerprint density at radius 1 is 0.750 bits per heavy atom. The van der Waals surface area contributed by atoms with E-state index < -0.39 is 23.7 Å². The molecule has 0 unspecified atom stereocenters. The molecule has 4 heterocycles. The van der Waals surface area contributed by atoms with Crippen LogP contribution in [0.4, 0.5) is 13.2 Å². The molecule has 4 fully saturated rings. The van der Waals surface area contributed by atoms with Crippen molar-refractivity contribution in [1.29, 1.82) is 0 Å². The zero-order chi connectivity index (χ0) is 33.2. The predicted octanol–water partition coefficient (Wildman–Crippen LogP) is 1.90. The van der Waals surface area contributed by atoms with Crippen LogP contribution in [0.25, 0.3) is 0 Å². The molecule has 2 aromatic rings. The number of piperidine rings is 2. The molecule has 6 rings (SSSR count). The van der Waals surface area contributed by atoms with Gasteiger partial charge >= 0.3 is 41.6 Å². The average molecular weight is 822 g/mol. The molecule has 0 radical (unpaired) electrons. The molecule has 4 saturated heterocycles. The number of carbonyl (C=O) groups excluding carboxylic acids is 1. The first-order valence-electron chi connectivity index (χ1n) is 15.4. The Bertz CT molecular complexity index is 1220. The van der Waals surface area contributed by atoms with Gasteiger partial charge in [-0.05, 0) is 63.0 Å². The third-order valence-corrected chi connectivity index (χ3v) is 9.52. The Balaban J connectivity index is 0.000000297. The number of hydrogen-bond acceptors (Lipinski definition) is 9. The number of aliphatic hydroxyl groups is 2. The Morgan fingerprint density at radius 3 is 1.44 bits per heavy atom. The molecule has 0 atom stereocenters. The summed E-state index contributed by atoms with van der Waals surface area (Å²) in [5.41, 5.74) is 2.00. The van der Waals surface area contributed by atoms with Crippen molar-refractivity contribution in [3.8, 4) is 0 Å². The quantitative estimate of drug-likeness (QED) is 0.387. The minimum absolute atomic E-state index is 0. The van der Waals surface area contributed by atoms with Gasteiger partial charge in [-0.25, -0.2) is 0 Å². The molecule has 1 amide bonds. The Hall–Kier alpha value is -0.660. The summed E-state index contributed by atoms with van der Waals surface area (Å²) in [6.45, 7) is 4.23. The van der Waals surface area contributed by atoms with E-state index in [0.29, 0.717) is 45.2 Å². The SMILES string of the molecule is Brc1ccc(C2(C3CCNCC3)OCCO2)cc1.O=C(N1CCC(C2(c3ccc(Br)cc3)OCCO2)CC1)C(F)(F)F.OCCO.[Na+].[OH-]. The molecule has 4 aliphatic rings. The van der Waals surface area contributed by atoms with Crippen molar-refractivity contribution in [2.24, 2.45) is 11.8 Å². The third-order valence-electron chi connectivity index (χ3n) is 8.46. The van der Waals surface area contributed by atoms with Crippen molar-refractivity contribution in [1.82, 2.24) is 10.2 Å². The van der Waals surface area contributed by atoms with E-state index in [1.165, 1.54) is 0 Å². The fourth-order valence-electron chi connectivity index (χ4n) is 6.34. The molecule has 0 aromatic heterocycles. The molecule has 264 valence electrons. The molecular formula is C32H42Br2F3N2NaO8. The van der Waals surface area contributed by atoms with Gasteiger partial charge in [0.2, 0.25) is 0 Å². The van der Waals surface area contributed by atoms with Gasteiger partial charge < -0.3 is 44.9 Å². The summed E-state index contributed by atoms with van der Waals surface area (Å²) < 4.78 is 63.6. The summed E-state index contributed by atoms with van der Waals surface area (Å²) in [5.74, 6) is -2.87. The Morgan fingerprint density at radius 2 is 1.10 bits per heavy atom. The zero-order valence-electron chi connectivity index (χ0n) is 26.9. The number of halogens is 5. The number of hydrogen-bond donors (Lipinski definition) is 3. The third kappa shape index (κ3) is 10.9. The van der Waals surface area contributed by atoms with E-state index >= 15 is 0 Å². The molecule has 0 saturated carbocycles. The number of ether oxygens (including phenoxy) is 4. The Labute approximate surface area is 317 Å². The monoisotopic (exact) mass is 820 g/mol. The van der Waals surface area contributed by atoms with Crippen LogP contribution < -0.4 is 34.9 Å². The van der Waals surface area contributed by atoms with Crippen LogP contribution in [0.1, 0.15) is 36.8 Å². The van der Waals surface area contributed by atoms with E-state index in [4.69, 9.17) is 29.2 Å². The van der Waals surface area contributed by atoms with Gasteiger partial charge in [0.05, 0.1) is 39.6 Å². The predicted molar refractivity (Wildman–Crippen MR) is 173 cm³/mol. The van der Waals surface area contributed by atoms with Gasteiger partial charge in [0.1, 0.15) is 0 Å². The van der Waals surface area contributed by atoms with E-state index in [1.54, 1.807) is 0 Å². The molecule has 4 aliphatic heterocycles. The van der Waals surface area contributed by atoms with Gasteiger partial charge in [-0.1, -0.05) is 56.1 Å². The van der Waals surface area contributed by atoms with Crippen molar-refractivity contribution >= 4 is 37.8 Å². The fourth-order valence-corrected chi connectivity index (χ4v) is 6.87. The van der Waals surface area contributed by atoms with Crippen LogP contribution in [0, 0.1) is 11.8 Å². The van der Waals surface area contributed by atoms with Crippen LogP contribution in [-0.4, -0.2) is 98.5 Å². The summed E-state index contributed by atoms with van der Waals surface area (Å²) in [6.07, 6.45) is -1.81. The number of carbonyl (C=O) groups is 1. The van der Waals surface area contributed by atoms with Crippen LogP contribution in [0.5, 0.6) is 0 Å². The topological polar surface area (TPSA) is 140 Å².